The molecular weight excluding hydrogens is 248 g/mol. The fourth-order valence-corrected chi connectivity index (χ4v) is 1.59. The van der Waals surface area contributed by atoms with Crippen molar-refractivity contribution in [3.8, 4) is 0 Å². The minimum Gasteiger partial charge on any atom is -0.453 e. The molecule has 0 unspecified atom stereocenters. The van der Waals surface area contributed by atoms with E-state index < -0.39 is 16.6 Å². The number of non-ortho nitro benzene ring substituents is 1. The lowest BCUT2D eigenvalue weighted by Crippen LogP contribution is -2.44. The Hall–Kier alpha value is -2.11. The average Bonchev–Trinajstić information content (AvgIpc) is 2.34. The largest absolute Gasteiger partial charge is 0.453 e. The molecule has 0 aromatic heterocycles. The van der Waals surface area contributed by atoms with E-state index in [9.17, 15) is 14.9 Å². The molecule has 1 aromatic rings. The van der Waals surface area contributed by atoms with Crippen LogP contribution in [0.25, 0.3) is 0 Å². The molecule has 0 atom stereocenters. The van der Waals surface area contributed by atoms with Crippen LogP contribution >= 0.6 is 0 Å². The van der Waals surface area contributed by atoms with Crippen LogP contribution in [0.1, 0.15) is 26.3 Å². The highest BCUT2D eigenvalue weighted by atomic mass is 16.6. The Morgan fingerprint density at radius 3 is 2.21 bits per heavy atom. The highest BCUT2D eigenvalue weighted by Gasteiger charge is 2.27. The molecule has 0 aliphatic carbocycles. The van der Waals surface area contributed by atoms with E-state index in [1.54, 1.807) is 17.0 Å². The molecule has 104 valence electrons. The van der Waals surface area contributed by atoms with Gasteiger partial charge in [0.1, 0.15) is 0 Å². The number of nitrogens with zero attached hydrogens (tertiary/aromatic N) is 2. The van der Waals surface area contributed by atoms with Crippen LogP contribution < -0.4 is 0 Å². The summed E-state index contributed by atoms with van der Waals surface area (Å²) in [5.74, 6) is 0. The molecule has 0 spiro atoms. The van der Waals surface area contributed by atoms with E-state index >= 15 is 0 Å². The second kappa shape index (κ2) is 5.69. The molecule has 0 bridgehead atoms. The Labute approximate surface area is 112 Å². The molecule has 1 rings (SSSR count). The smallest absolute Gasteiger partial charge is 0.410 e. The topological polar surface area (TPSA) is 72.7 Å². The number of ether oxygens (including phenoxy) is 1. The van der Waals surface area contributed by atoms with Crippen molar-refractivity contribution in [3.63, 3.8) is 0 Å². The maximum Gasteiger partial charge on any atom is 0.410 e. The monoisotopic (exact) mass is 266 g/mol. The van der Waals surface area contributed by atoms with Gasteiger partial charge < -0.3 is 4.74 Å². The Balaban J connectivity index is 2.91. The van der Waals surface area contributed by atoms with Gasteiger partial charge in [-0.15, -0.1) is 0 Å². The zero-order valence-electron chi connectivity index (χ0n) is 11.5. The molecule has 6 nitrogen and oxygen atoms in total. The van der Waals surface area contributed by atoms with Gasteiger partial charge in [-0.1, -0.05) is 12.1 Å². The first-order valence-electron chi connectivity index (χ1n) is 5.84. The molecular formula is C13H18N2O4. The lowest BCUT2D eigenvalue weighted by molar-refractivity contribution is -0.384. The second-order valence-corrected chi connectivity index (χ2v) is 5.15. The minimum absolute atomic E-state index is 0.0316. The molecule has 0 radical (unpaired) electrons. The van der Waals surface area contributed by atoms with Crippen LogP contribution in [-0.2, 0) is 11.3 Å². The van der Waals surface area contributed by atoms with Gasteiger partial charge in [0.15, 0.2) is 0 Å². The van der Waals surface area contributed by atoms with Crippen molar-refractivity contribution in [2.75, 3.05) is 7.11 Å². The van der Waals surface area contributed by atoms with Crippen LogP contribution in [0.2, 0.25) is 0 Å². The zero-order valence-corrected chi connectivity index (χ0v) is 11.5. The Kier molecular flexibility index (Phi) is 4.47. The summed E-state index contributed by atoms with van der Waals surface area (Å²) in [6, 6.07) is 6.13. The number of nitro benzene ring substituents is 1. The van der Waals surface area contributed by atoms with Gasteiger partial charge in [-0.25, -0.2) is 4.79 Å². The molecule has 0 saturated carbocycles. The van der Waals surface area contributed by atoms with Crippen molar-refractivity contribution in [2.24, 2.45) is 0 Å². The van der Waals surface area contributed by atoms with E-state index in [4.69, 9.17) is 4.74 Å². The number of nitro groups is 1. The highest BCUT2D eigenvalue weighted by molar-refractivity contribution is 5.68. The SMILES string of the molecule is COC(=O)N(Cc1ccc([N+](=O)[O-])cc1)C(C)(C)C. The lowest BCUT2D eigenvalue weighted by Gasteiger charge is -2.34. The number of amides is 1. The molecule has 0 fully saturated rings. The zero-order chi connectivity index (χ0) is 14.6. The van der Waals surface area contributed by atoms with Crippen molar-refractivity contribution >= 4 is 11.8 Å². The molecule has 0 heterocycles. The number of methoxy groups -OCH3 is 1. The summed E-state index contributed by atoms with van der Waals surface area (Å²) in [5.41, 5.74) is 0.449. The van der Waals surface area contributed by atoms with Gasteiger partial charge in [0.2, 0.25) is 0 Å². The number of carbonyl (C=O) groups is 1. The van der Waals surface area contributed by atoms with Gasteiger partial charge in [0.25, 0.3) is 5.69 Å². The average molecular weight is 266 g/mol. The Bertz CT molecular complexity index is 463. The molecule has 1 aromatic carbocycles. The first-order chi connectivity index (χ1) is 8.75. The van der Waals surface area contributed by atoms with Gasteiger partial charge in [0.05, 0.1) is 12.0 Å². The Morgan fingerprint density at radius 1 is 1.32 bits per heavy atom. The van der Waals surface area contributed by atoms with Crippen molar-refractivity contribution < 1.29 is 14.5 Å². The first kappa shape index (κ1) is 14.9. The predicted octanol–water partition coefficient (Wildman–Crippen LogP) is 2.96. The molecule has 6 heteroatoms. The number of benzene rings is 1. The normalized spacial score (nSPS) is 10.9. The van der Waals surface area contributed by atoms with Crippen LogP contribution in [0.5, 0.6) is 0 Å². The summed E-state index contributed by atoms with van der Waals surface area (Å²) in [7, 11) is 1.33. The third-order valence-electron chi connectivity index (χ3n) is 2.69. The highest BCUT2D eigenvalue weighted by Crippen LogP contribution is 2.20. The third kappa shape index (κ3) is 3.94. The van der Waals surface area contributed by atoms with Crippen LogP contribution in [0.3, 0.4) is 0 Å². The van der Waals surface area contributed by atoms with E-state index in [-0.39, 0.29) is 5.69 Å². The van der Waals surface area contributed by atoms with Crippen molar-refractivity contribution in [2.45, 2.75) is 32.9 Å². The third-order valence-corrected chi connectivity index (χ3v) is 2.69. The summed E-state index contributed by atoms with van der Waals surface area (Å²) in [6.45, 7) is 6.04. The van der Waals surface area contributed by atoms with E-state index in [0.29, 0.717) is 6.54 Å². The maximum absolute atomic E-state index is 11.7. The van der Waals surface area contributed by atoms with Gasteiger partial charge in [-0.2, -0.15) is 0 Å². The number of hydrogen-bond acceptors (Lipinski definition) is 4. The van der Waals surface area contributed by atoms with Crippen LogP contribution in [0.4, 0.5) is 10.5 Å². The van der Waals surface area contributed by atoms with Crippen molar-refractivity contribution in [1.82, 2.24) is 4.90 Å². The van der Waals surface area contributed by atoms with E-state index in [2.05, 4.69) is 0 Å². The predicted molar refractivity (Wildman–Crippen MR) is 70.8 cm³/mol. The van der Waals surface area contributed by atoms with Crippen LogP contribution in [0.15, 0.2) is 24.3 Å². The van der Waals surface area contributed by atoms with E-state index in [0.717, 1.165) is 5.56 Å². The quantitative estimate of drug-likeness (QED) is 0.622. The second-order valence-electron chi connectivity index (χ2n) is 5.15. The minimum atomic E-state index is -0.453. The molecule has 0 saturated heterocycles. The molecule has 1 amide bonds. The van der Waals surface area contributed by atoms with E-state index in [1.165, 1.54) is 19.2 Å². The summed E-state index contributed by atoms with van der Waals surface area (Å²) in [6.07, 6.45) is -0.425. The molecule has 0 N–H and O–H groups in total. The number of carbonyl (C=O) groups excluding carboxylic acids is 1. The number of hydrogen-bond donors (Lipinski definition) is 0. The fourth-order valence-electron chi connectivity index (χ4n) is 1.59. The molecule has 19 heavy (non-hydrogen) atoms. The van der Waals surface area contributed by atoms with Gasteiger partial charge in [-0.3, -0.25) is 15.0 Å². The molecule has 0 aliphatic heterocycles. The van der Waals surface area contributed by atoms with Crippen molar-refractivity contribution in [1.29, 1.82) is 0 Å². The van der Waals surface area contributed by atoms with Gasteiger partial charge >= 0.3 is 6.09 Å². The summed E-state index contributed by atoms with van der Waals surface area (Å²) < 4.78 is 4.75. The lowest BCUT2D eigenvalue weighted by atomic mass is 10.1. The fraction of sp³-hybridized carbons (Fsp3) is 0.462. The standard InChI is InChI=1S/C13H18N2O4/c1-13(2,3)14(12(16)19-4)9-10-5-7-11(8-6-10)15(17)18/h5-8H,9H2,1-4H3. The maximum atomic E-state index is 11.7. The van der Waals surface area contributed by atoms with Crippen LogP contribution in [0, 0.1) is 10.1 Å². The summed E-state index contributed by atoms with van der Waals surface area (Å²) >= 11 is 0. The number of rotatable bonds is 3. The van der Waals surface area contributed by atoms with Crippen LogP contribution in [-0.4, -0.2) is 28.6 Å². The van der Waals surface area contributed by atoms with Crippen molar-refractivity contribution in [3.05, 3.63) is 39.9 Å². The molecule has 0 aliphatic rings. The summed E-state index contributed by atoms with van der Waals surface area (Å²) in [4.78, 5) is 23.4. The van der Waals surface area contributed by atoms with Gasteiger partial charge in [0, 0.05) is 24.2 Å². The Morgan fingerprint density at radius 2 is 1.84 bits per heavy atom. The van der Waals surface area contributed by atoms with E-state index in [1.807, 2.05) is 20.8 Å². The van der Waals surface area contributed by atoms with Gasteiger partial charge in [-0.05, 0) is 26.3 Å². The summed E-state index contributed by atoms with van der Waals surface area (Å²) in [5, 5.41) is 10.6. The first-order valence-corrected chi connectivity index (χ1v) is 5.84.